The average Bonchev–Trinajstić information content (AvgIpc) is 2.78. The summed E-state index contributed by atoms with van der Waals surface area (Å²) in [6, 6.07) is 3.60. The molecule has 0 aliphatic heterocycles. The Labute approximate surface area is 85.7 Å². The van der Waals surface area contributed by atoms with Crippen LogP contribution in [0.15, 0.2) is 42.1 Å². The highest BCUT2D eigenvalue weighted by molar-refractivity contribution is 5.94. The van der Waals surface area contributed by atoms with Gasteiger partial charge in [-0.1, -0.05) is 5.16 Å². The van der Waals surface area contributed by atoms with Gasteiger partial charge in [0.15, 0.2) is 5.82 Å². The third kappa shape index (κ3) is 1.64. The molecule has 0 aromatic carbocycles. The number of hydrogen-bond donors (Lipinski definition) is 2. The fourth-order valence-electron chi connectivity index (χ4n) is 1.25. The summed E-state index contributed by atoms with van der Waals surface area (Å²) in [6.07, 6.45) is 6.62. The van der Waals surface area contributed by atoms with Crippen molar-refractivity contribution >= 4 is 5.84 Å². The lowest BCUT2D eigenvalue weighted by Crippen LogP contribution is -2.18. The number of imidazole rings is 1. The Kier molecular flexibility index (Phi) is 2.32. The van der Waals surface area contributed by atoms with Crippen LogP contribution in [0, 0.1) is 0 Å². The second-order valence-electron chi connectivity index (χ2n) is 2.81. The molecule has 0 spiro atoms. The van der Waals surface area contributed by atoms with E-state index in [2.05, 4.69) is 15.1 Å². The molecule has 0 saturated heterocycles. The second kappa shape index (κ2) is 3.79. The Balaban J connectivity index is 2.51. The van der Waals surface area contributed by atoms with Crippen LogP contribution >= 0.6 is 0 Å². The quantitative estimate of drug-likeness (QED) is 0.319. The van der Waals surface area contributed by atoms with Crippen LogP contribution in [0.2, 0.25) is 0 Å². The Morgan fingerprint density at radius 3 is 2.73 bits per heavy atom. The molecule has 0 atom stereocenters. The molecule has 15 heavy (non-hydrogen) atoms. The second-order valence-corrected chi connectivity index (χ2v) is 2.81. The van der Waals surface area contributed by atoms with Gasteiger partial charge in [0.2, 0.25) is 5.84 Å². The number of nitrogens with zero attached hydrogens (tertiary/aromatic N) is 4. The van der Waals surface area contributed by atoms with E-state index in [4.69, 9.17) is 10.9 Å². The molecule has 0 saturated carbocycles. The van der Waals surface area contributed by atoms with Gasteiger partial charge in [0, 0.05) is 24.8 Å². The first-order chi connectivity index (χ1) is 7.33. The fourth-order valence-corrected chi connectivity index (χ4v) is 1.25. The molecule has 6 nitrogen and oxygen atoms in total. The normalized spacial score (nSPS) is 11.6. The van der Waals surface area contributed by atoms with E-state index in [-0.39, 0.29) is 5.84 Å². The molecule has 0 aliphatic carbocycles. The Morgan fingerprint density at radius 2 is 2.07 bits per heavy atom. The van der Waals surface area contributed by atoms with E-state index in [0.29, 0.717) is 5.82 Å². The summed E-state index contributed by atoms with van der Waals surface area (Å²) in [6.45, 7) is 0. The van der Waals surface area contributed by atoms with Crippen molar-refractivity contribution in [2.75, 3.05) is 0 Å². The van der Waals surface area contributed by atoms with Gasteiger partial charge >= 0.3 is 0 Å². The first-order valence-corrected chi connectivity index (χ1v) is 4.24. The largest absolute Gasteiger partial charge is 0.409 e. The standard InChI is InChI=1S/C9H9N5O/c10-8(13-15)9-12-5-6-14(9)7-1-3-11-4-2-7/h1-6,15H,(H2,10,13). The SMILES string of the molecule is NC(=NO)c1nccn1-c1ccncc1. The van der Waals surface area contributed by atoms with Gasteiger partial charge in [0.05, 0.1) is 5.69 Å². The van der Waals surface area contributed by atoms with Gasteiger partial charge in [0.25, 0.3) is 0 Å². The summed E-state index contributed by atoms with van der Waals surface area (Å²) >= 11 is 0. The lowest BCUT2D eigenvalue weighted by molar-refractivity contribution is 0.318. The predicted octanol–water partition coefficient (Wildman–Crippen LogP) is 0.362. The molecule has 0 aliphatic rings. The van der Waals surface area contributed by atoms with Crippen molar-refractivity contribution in [2.45, 2.75) is 0 Å². The zero-order valence-corrected chi connectivity index (χ0v) is 7.78. The van der Waals surface area contributed by atoms with E-state index in [1.807, 2.05) is 0 Å². The molecular weight excluding hydrogens is 194 g/mol. The average molecular weight is 203 g/mol. The summed E-state index contributed by atoms with van der Waals surface area (Å²) in [7, 11) is 0. The van der Waals surface area contributed by atoms with Crippen molar-refractivity contribution < 1.29 is 5.21 Å². The molecule has 0 radical (unpaired) electrons. The number of pyridine rings is 1. The highest BCUT2D eigenvalue weighted by Gasteiger charge is 2.08. The van der Waals surface area contributed by atoms with Gasteiger partial charge in [-0.2, -0.15) is 0 Å². The van der Waals surface area contributed by atoms with Crippen LogP contribution in [-0.4, -0.2) is 25.6 Å². The lowest BCUT2D eigenvalue weighted by Gasteiger charge is -2.05. The lowest BCUT2D eigenvalue weighted by atomic mass is 10.4. The summed E-state index contributed by atoms with van der Waals surface area (Å²) < 4.78 is 1.71. The minimum Gasteiger partial charge on any atom is -0.409 e. The molecule has 0 fully saturated rings. The number of nitrogens with two attached hydrogens (primary N) is 1. The zero-order valence-electron chi connectivity index (χ0n) is 7.78. The van der Waals surface area contributed by atoms with Crippen molar-refractivity contribution in [3.05, 3.63) is 42.7 Å². The topological polar surface area (TPSA) is 89.3 Å². The summed E-state index contributed by atoms with van der Waals surface area (Å²) in [5.74, 6) is 0.362. The summed E-state index contributed by atoms with van der Waals surface area (Å²) in [5, 5.41) is 11.5. The van der Waals surface area contributed by atoms with Gasteiger partial charge in [-0.05, 0) is 12.1 Å². The van der Waals surface area contributed by atoms with E-state index in [9.17, 15) is 0 Å². The van der Waals surface area contributed by atoms with Crippen LogP contribution in [0.5, 0.6) is 0 Å². The van der Waals surface area contributed by atoms with Crippen molar-refractivity contribution in [1.29, 1.82) is 0 Å². The van der Waals surface area contributed by atoms with E-state index in [1.54, 1.807) is 41.5 Å². The van der Waals surface area contributed by atoms with Crippen molar-refractivity contribution in [1.82, 2.24) is 14.5 Å². The van der Waals surface area contributed by atoms with Crippen LogP contribution < -0.4 is 5.73 Å². The number of aromatic nitrogens is 3. The fraction of sp³-hybridized carbons (Fsp3) is 0. The Bertz CT molecular complexity index is 476. The van der Waals surface area contributed by atoms with Gasteiger partial charge < -0.3 is 10.9 Å². The molecule has 76 valence electrons. The van der Waals surface area contributed by atoms with Crippen LogP contribution in [0.25, 0.3) is 5.69 Å². The van der Waals surface area contributed by atoms with Gasteiger partial charge in [-0.15, -0.1) is 0 Å². The van der Waals surface area contributed by atoms with Crippen LogP contribution in [0.4, 0.5) is 0 Å². The van der Waals surface area contributed by atoms with E-state index in [0.717, 1.165) is 5.69 Å². The van der Waals surface area contributed by atoms with Crippen LogP contribution in [0.1, 0.15) is 5.82 Å². The maximum atomic E-state index is 8.58. The third-order valence-corrected chi connectivity index (χ3v) is 1.92. The summed E-state index contributed by atoms with van der Waals surface area (Å²) in [4.78, 5) is 7.90. The van der Waals surface area contributed by atoms with E-state index in [1.165, 1.54) is 0 Å². The third-order valence-electron chi connectivity index (χ3n) is 1.92. The molecule has 0 amide bonds. The number of oxime groups is 1. The van der Waals surface area contributed by atoms with Crippen molar-refractivity contribution in [3.63, 3.8) is 0 Å². The number of rotatable bonds is 2. The van der Waals surface area contributed by atoms with Gasteiger partial charge in [0.1, 0.15) is 0 Å². The monoisotopic (exact) mass is 203 g/mol. The smallest absolute Gasteiger partial charge is 0.206 e. The maximum Gasteiger partial charge on any atom is 0.206 e. The molecule has 2 rings (SSSR count). The molecule has 0 bridgehead atoms. The highest BCUT2D eigenvalue weighted by Crippen LogP contribution is 2.08. The zero-order chi connectivity index (χ0) is 10.7. The molecule has 2 aromatic heterocycles. The number of amidine groups is 1. The molecule has 3 N–H and O–H groups in total. The van der Waals surface area contributed by atoms with Crippen molar-refractivity contribution in [2.24, 2.45) is 10.9 Å². The summed E-state index contributed by atoms with van der Waals surface area (Å²) in [5.41, 5.74) is 6.33. The maximum absolute atomic E-state index is 8.58. The van der Waals surface area contributed by atoms with E-state index < -0.39 is 0 Å². The molecular formula is C9H9N5O. The molecule has 2 heterocycles. The minimum absolute atomic E-state index is 0.0307. The Hall–Kier alpha value is -2.37. The predicted molar refractivity (Wildman–Crippen MR) is 53.9 cm³/mol. The first-order valence-electron chi connectivity index (χ1n) is 4.24. The van der Waals surface area contributed by atoms with Crippen LogP contribution in [-0.2, 0) is 0 Å². The molecule has 2 aromatic rings. The van der Waals surface area contributed by atoms with Gasteiger partial charge in [-0.25, -0.2) is 4.98 Å². The highest BCUT2D eigenvalue weighted by atomic mass is 16.4. The molecule has 6 heteroatoms. The van der Waals surface area contributed by atoms with Crippen LogP contribution in [0.3, 0.4) is 0 Å². The van der Waals surface area contributed by atoms with Crippen molar-refractivity contribution in [3.8, 4) is 5.69 Å². The first kappa shape index (κ1) is 9.20. The minimum atomic E-state index is -0.0307. The van der Waals surface area contributed by atoms with Gasteiger partial charge in [-0.3, -0.25) is 9.55 Å². The number of hydrogen-bond acceptors (Lipinski definition) is 4. The van der Waals surface area contributed by atoms with E-state index >= 15 is 0 Å². The Morgan fingerprint density at radius 1 is 1.33 bits per heavy atom. The molecule has 0 unspecified atom stereocenters.